The molecule has 122 valence electrons. The molecule has 3 nitrogen and oxygen atoms in total. The van der Waals surface area contributed by atoms with Crippen LogP contribution in [0.3, 0.4) is 0 Å². The van der Waals surface area contributed by atoms with Crippen LogP contribution in [0.4, 0.5) is 10.1 Å². The lowest BCUT2D eigenvalue weighted by molar-refractivity contribution is 0.0997. The van der Waals surface area contributed by atoms with E-state index in [9.17, 15) is 9.18 Å². The van der Waals surface area contributed by atoms with Gasteiger partial charge in [-0.1, -0.05) is 45.2 Å². The molecule has 1 N–H and O–H groups in total. The minimum absolute atomic E-state index is 0.0309. The van der Waals surface area contributed by atoms with E-state index < -0.39 is 11.7 Å². The zero-order valence-electron chi connectivity index (χ0n) is 11.9. The van der Waals surface area contributed by atoms with Crippen LogP contribution in [-0.4, -0.2) is 5.91 Å². The smallest absolute Gasteiger partial charge is 0.291 e. The van der Waals surface area contributed by atoms with E-state index in [4.69, 9.17) is 27.6 Å². The highest BCUT2D eigenvalue weighted by Crippen LogP contribution is 2.34. The first-order valence-corrected chi connectivity index (χ1v) is 8.31. The van der Waals surface area contributed by atoms with Crippen LogP contribution in [0, 0.1) is 5.82 Å². The lowest BCUT2D eigenvalue weighted by Crippen LogP contribution is -2.12. The maximum atomic E-state index is 13.8. The molecule has 1 aromatic heterocycles. The van der Waals surface area contributed by atoms with Crippen LogP contribution in [0.25, 0.3) is 11.3 Å². The molecule has 0 aliphatic rings. The first-order chi connectivity index (χ1) is 11.5. The third-order valence-corrected chi connectivity index (χ3v) is 4.54. The van der Waals surface area contributed by atoms with Crippen LogP contribution < -0.4 is 5.32 Å². The fraction of sp³-hybridized carbons (Fsp3) is 0. The predicted octanol–water partition coefficient (Wildman–Crippen LogP) is 6.41. The van der Waals surface area contributed by atoms with Crippen molar-refractivity contribution in [3.05, 3.63) is 74.6 Å². The van der Waals surface area contributed by atoms with Gasteiger partial charge in [-0.05, 0) is 42.5 Å². The summed E-state index contributed by atoms with van der Waals surface area (Å²) >= 11 is 15.3. The zero-order valence-corrected chi connectivity index (χ0v) is 15.0. The van der Waals surface area contributed by atoms with Crippen molar-refractivity contribution in [3.8, 4) is 11.3 Å². The summed E-state index contributed by atoms with van der Waals surface area (Å²) in [6.07, 6.45) is 0. The van der Waals surface area contributed by atoms with Crippen molar-refractivity contribution in [2.24, 2.45) is 0 Å². The number of nitrogens with one attached hydrogen (secondary N) is 1. The molecular weight excluding hydrogens is 420 g/mol. The van der Waals surface area contributed by atoms with Crippen LogP contribution in [-0.2, 0) is 0 Å². The zero-order chi connectivity index (χ0) is 17.3. The third kappa shape index (κ3) is 3.48. The molecule has 0 aliphatic carbocycles. The summed E-state index contributed by atoms with van der Waals surface area (Å²) in [5, 5.41) is 3.17. The molecule has 0 aliphatic heterocycles. The number of furan rings is 1. The summed E-state index contributed by atoms with van der Waals surface area (Å²) in [5.41, 5.74) is 0.625. The van der Waals surface area contributed by atoms with E-state index in [1.165, 1.54) is 18.2 Å². The standard InChI is InChI=1S/C17H9BrCl2FNO2/c18-9-4-5-13(12(21)8-9)22-17(23)15-7-6-14(24-15)10-2-1-3-11(19)16(10)20/h1-8H,(H,22,23). The fourth-order valence-corrected chi connectivity index (χ4v) is 2.80. The molecule has 3 aromatic rings. The number of benzene rings is 2. The van der Waals surface area contributed by atoms with Gasteiger partial charge in [-0.2, -0.15) is 0 Å². The van der Waals surface area contributed by atoms with Crippen molar-refractivity contribution in [2.45, 2.75) is 0 Å². The maximum Gasteiger partial charge on any atom is 0.291 e. The SMILES string of the molecule is O=C(Nc1ccc(Br)cc1F)c1ccc(-c2cccc(Cl)c2Cl)o1. The lowest BCUT2D eigenvalue weighted by Gasteiger charge is -2.05. The first-order valence-electron chi connectivity index (χ1n) is 6.76. The molecule has 0 fully saturated rings. The Morgan fingerprint density at radius 1 is 1.12 bits per heavy atom. The highest BCUT2D eigenvalue weighted by Gasteiger charge is 2.16. The summed E-state index contributed by atoms with van der Waals surface area (Å²) in [5.74, 6) is -0.699. The molecule has 1 heterocycles. The molecule has 0 saturated heterocycles. The van der Waals surface area contributed by atoms with Crippen LogP contribution >= 0.6 is 39.1 Å². The van der Waals surface area contributed by atoms with Crippen LogP contribution in [0.1, 0.15) is 10.6 Å². The molecule has 7 heteroatoms. The number of halogens is 4. The first kappa shape index (κ1) is 17.0. The maximum absolute atomic E-state index is 13.8. The number of anilines is 1. The monoisotopic (exact) mass is 427 g/mol. The number of hydrogen-bond acceptors (Lipinski definition) is 2. The number of amides is 1. The fourth-order valence-electron chi connectivity index (χ4n) is 2.07. The molecule has 0 atom stereocenters. The number of hydrogen-bond donors (Lipinski definition) is 1. The normalized spacial score (nSPS) is 10.7. The summed E-state index contributed by atoms with van der Waals surface area (Å²) in [6.45, 7) is 0. The van der Waals surface area contributed by atoms with Crippen molar-refractivity contribution in [3.63, 3.8) is 0 Å². The molecule has 1 amide bonds. The van der Waals surface area contributed by atoms with E-state index in [1.54, 1.807) is 30.3 Å². The van der Waals surface area contributed by atoms with Gasteiger partial charge in [0.25, 0.3) is 5.91 Å². The highest BCUT2D eigenvalue weighted by molar-refractivity contribution is 9.10. The largest absolute Gasteiger partial charge is 0.451 e. The molecule has 0 bridgehead atoms. The molecule has 24 heavy (non-hydrogen) atoms. The Morgan fingerprint density at radius 2 is 1.92 bits per heavy atom. The van der Waals surface area contributed by atoms with Gasteiger partial charge in [-0.15, -0.1) is 0 Å². The second-order valence-corrected chi connectivity index (χ2v) is 6.54. The van der Waals surface area contributed by atoms with Gasteiger partial charge >= 0.3 is 0 Å². The van der Waals surface area contributed by atoms with Crippen molar-refractivity contribution >= 4 is 50.7 Å². The Labute approximate surface area is 155 Å². The summed E-state index contributed by atoms with van der Waals surface area (Å²) in [6, 6.07) is 12.5. The van der Waals surface area contributed by atoms with Gasteiger partial charge in [0.2, 0.25) is 0 Å². The van der Waals surface area contributed by atoms with Gasteiger partial charge in [0.15, 0.2) is 5.76 Å². The lowest BCUT2D eigenvalue weighted by atomic mass is 10.2. The van der Waals surface area contributed by atoms with E-state index in [0.717, 1.165) is 0 Å². The average Bonchev–Trinajstić information content (AvgIpc) is 3.02. The van der Waals surface area contributed by atoms with Gasteiger partial charge in [0.05, 0.1) is 15.7 Å². The van der Waals surface area contributed by atoms with Crippen molar-refractivity contribution in [1.29, 1.82) is 0 Å². The molecule has 3 rings (SSSR count). The van der Waals surface area contributed by atoms with Crippen molar-refractivity contribution in [2.75, 3.05) is 5.32 Å². The Hall–Kier alpha value is -1.82. The van der Waals surface area contributed by atoms with Gasteiger partial charge in [-0.25, -0.2) is 4.39 Å². The quantitative estimate of drug-likeness (QED) is 0.523. The van der Waals surface area contributed by atoms with Gasteiger partial charge in [0, 0.05) is 10.0 Å². The van der Waals surface area contributed by atoms with Crippen LogP contribution in [0.2, 0.25) is 10.0 Å². The summed E-state index contributed by atoms with van der Waals surface area (Å²) < 4.78 is 19.9. The summed E-state index contributed by atoms with van der Waals surface area (Å²) in [7, 11) is 0. The van der Waals surface area contributed by atoms with Gasteiger partial charge in [-0.3, -0.25) is 4.79 Å². The Morgan fingerprint density at radius 3 is 2.67 bits per heavy atom. The number of carbonyl (C=O) groups excluding carboxylic acids is 1. The van der Waals surface area contributed by atoms with Gasteiger partial charge < -0.3 is 9.73 Å². The molecular formula is C17H9BrCl2FNO2. The molecule has 0 spiro atoms. The van der Waals surface area contributed by atoms with Crippen molar-refractivity contribution in [1.82, 2.24) is 0 Å². The summed E-state index contributed by atoms with van der Waals surface area (Å²) in [4.78, 5) is 12.2. The van der Waals surface area contributed by atoms with E-state index in [0.29, 0.717) is 25.8 Å². The predicted molar refractivity (Wildman–Crippen MR) is 96.2 cm³/mol. The number of carbonyl (C=O) groups is 1. The highest BCUT2D eigenvalue weighted by atomic mass is 79.9. The molecule has 0 radical (unpaired) electrons. The van der Waals surface area contributed by atoms with Crippen molar-refractivity contribution < 1.29 is 13.6 Å². The van der Waals surface area contributed by atoms with E-state index in [2.05, 4.69) is 21.2 Å². The molecule has 0 unspecified atom stereocenters. The van der Waals surface area contributed by atoms with Crippen LogP contribution in [0.15, 0.2) is 57.4 Å². The van der Waals surface area contributed by atoms with Gasteiger partial charge in [0.1, 0.15) is 11.6 Å². The minimum Gasteiger partial charge on any atom is -0.451 e. The van der Waals surface area contributed by atoms with Crippen LogP contribution in [0.5, 0.6) is 0 Å². The second-order valence-electron chi connectivity index (χ2n) is 4.84. The number of rotatable bonds is 3. The molecule has 0 saturated carbocycles. The topological polar surface area (TPSA) is 42.2 Å². The Bertz CT molecular complexity index is 927. The average molecular weight is 429 g/mol. The third-order valence-electron chi connectivity index (χ3n) is 3.23. The Kier molecular flexibility index (Phi) is 4.94. The minimum atomic E-state index is -0.569. The second kappa shape index (κ2) is 6.97. The van der Waals surface area contributed by atoms with E-state index in [1.807, 2.05) is 0 Å². The van der Waals surface area contributed by atoms with E-state index in [-0.39, 0.29) is 11.4 Å². The Balaban J connectivity index is 1.85. The van der Waals surface area contributed by atoms with E-state index >= 15 is 0 Å². The molecule has 2 aromatic carbocycles.